The van der Waals surface area contributed by atoms with Gasteiger partial charge in [-0.3, -0.25) is 9.69 Å². The number of carbonyl (C=O) groups is 1. The molecule has 0 saturated carbocycles. The maximum atomic E-state index is 12.9. The molecule has 1 aliphatic heterocycles. The number of hydrogen-bond donors (Lipinski definition) is 1. The molecule has 1 aliphatic rings. The van der Waals surface area contributed by atoms with Gasteiger partial charge in [0, 0.05) is 12.1 Å². The fraction of sp³-hybridized carbons (Fsp3) is 0.533. The number of halogens is 1. The molecular formula is C15H20FNO2. The van der Waals surface area contributed by atoms with Gasteiger partial charge in [-0.05, 0) is 57.5 Å². The summed E-state index contributed by atoms with van der Waals surface area (Å²) in [6.07, 6.45) is 1.65. The predicted molar refractivity (Wildman–Crippen MR) is 71.6 cm³/mol. The van der Waals surface area contributed by atoms with E-state index in [1.165, 1.54) is 24.3 Å². The van der Waals surface area contributed by atoms with E-state index in [0.717, 1.165) is 19.4 Å². The molecule has 1 fully saturated rings. The van der Waals surface area contributed by atoms with Crippen LogP contribution in [0.1, 0.15) is 37.0 Å². The number of β-amino-alcohol motifs (C(OH)–C–C–N with tert-alkyl or cyclic N) is 1. The highest BCUT2D eigenvalue weighted by Crippen LogP contribution is 2.23. The summed E-state index contributed by atoms with van der Waals surface area (Å²) in [6.45, 7) is 4.95. The van der Waals surface area contributed by atoms with Crippen molar-refractivity contribution in [3.63, 3.8) is 0 Å². The van der Waals surface area contributed by atoms with Crippen molar-refractivity contribution >= 4 is 5.78 Å². The van der Waals surface area contributed by atoms with Gasteiger partial charge < -0.3 is 5.11 Å². The molecule has 4 heteroatoms. The van der Waals surface area contributed by atoms with Gasteiger partial charge in [0.05, 0.1) is 11.6 Å². The van der Waals surface area contributed by atoms with Gasteiger partial charge in [0.1, 0.15) is 5.82 Å². The molecule has 1 aromatic rings. The Balaban J connectivity index is 2.08. The quantitative estimate of drug-likeness (QED) is 0.852. The van der Waals surface area contributed by atoms with Crippen LogP contribution in [0, 0.1) is 5.82 Å². The zero-order chi connectivity index (χ0) is 14.0. The van der Waals surface area contributed by atoms with Crippen molar-refractivity contribution in [3.8, 4) is 0 Å². The first kappa shape index (κ1) is 14.2. The summed E-state index contributed by atoms with van der Waals surface area (Å²) in [5, 5.41) is 10.1. The van der Waals surface area contributed by atoms with E-state index >= 15 is 0 Å². The largest absolute Gasteiger partial charge is 0.389 e. The van der Waals surface area contributed by atoms with Crippen molar-refractivity contribution in [1.82, 2.24) is 4.90 Å². The molecule has 1 saturated heterocycles. The first-order valence-electron chi connectivity index (χ1n) is 6.65. The van der Waals surface area contributed by atoms with Crippen molar-refractivity contribution in [2.24, 2.45) is 0 Å². The van der Waals surface area contributed by atoms with Crippen LogP contribution < -0.4 is 0 Å². The number of rotatable bonds is 3. The number of ketones is 1. The smallest absolute Gasteiger partial charge is 0.179 e. The molecule has 2 atom stereocenters. The zero-order valence-corrected chi connectivity index (χ0v) is 11.4. The van der Waals surface area contributed by atoms with E-state index in [2.05, 4.69) is 0 Å². The van der Waals surface area contributed by atoms with E-state index in [0.29, 0.717) is 12.1 Å². The molecule has 1 N–H and O–H groups in total. The van der Waals surface area contributed by atoms with E-state index in [-0.39, 0.29) is 17.6 Å². The van der Waals surface area contributed by atoms with Gasteiger partial charge in [0.25, 0.3) is 0 Å². The lowest BCUT2D eigenvalue weighted by Gasteiger charge is -2.39. The first-order chi connectivity index (χ1) is 8.89. The normalized spacial score (nSPS) is 26.1. The average molecular weight is 265 g/mol. The van der Waals surface area contributed by atoms with Crippen LogP contribution in [0.5, 0.6) is 0 Å². The monoisotopic (exact) mass is 265 g/mol. The van der Waals surface area contributed by atoms with Crippen LogP contribution in [-0.4, -0.2) is 40.5 Å². The van der Waals surface area contributed by atoms with Gasteiger partial charge in [0.15, 0.2) is 5.78 Å². The van der Waals surface area contributed by atoms with E-state index in [1.807, 2.05) is 11.8 Å². The number of Topliss-reactive ketones (excluding diaryl/α,β-unsaturated/α-hetero) is 1. The number of carbonyl (C=O) groups excluding carboxylic acids is 1. The molecule has 0 amide bonds. The summed E-state index contributed by atoms with van der Waals surface area (Å²) in [5.41, 5.74) is -0.214. The molecule has 2 unspecified atom stereocenters. The molecule has 0 aliphatic carbocycles. The number of nitrogens with zero attached hydrogens (tertiary/aromatic N) is 1. The summed E-state index contributed by atoms with van der Waals surface area (Å²) < 4.78 is 12.9. The van der Waals surface area contributed by atoms with E-state index in [4.69, 9.17) is 0 Å². The van der Waals surface area contributed by atoms with Crippen molar-refractivity contribution in [3.05, 3.63) is 35.6 Å². The van der Waals surface area contributed by atoms with Gasteiger partial charge in [-0.15, -0.1) is 0 Å². The highest BCUT2D eigenvalue weighted by atomic mass is 19.1. The molecule has 3 nitrogen and oxygen atoms in total. The number of hydrogen-bond acceptors (Lipinski definition) is 3. The van der Waals surface area contributed by atoms with E-state index in [1.54, 1.807) is 6.92 Å². The second-order valence-corrected chi connectivity index (χ2v) is 5.62. The van der Waals surface area contributed by atoms with Gasteiger partial charge in [-0.2, -0.15) is 0 Å². The van der Waals surface area contributed by atoms with Gasteiger partial charge in [-0.25, -0.2) is 4.39 Å². The minimum atomic E-state index is -0.727. The van der Waals surface area contributed by atoms with Crippen molar-refractivity contribution in [2.75, 3.05) is 13.1 Å². The highest BCUT2D eigenvalue weighted by Gasteiger charge is 2.33. The number of aliphatic hydroxyl groups is 1. The minimum Gasteiger partial charge on any atom is -0.389 e. The van der Waals surface area contributed by atoms with Crippen molar-refractivity contribution < 1.29 is 14.3 Å². The Morgan fingerprint density at radius 1 is 1.42 bits per heavy atom. The van der Waals surface area contributed by atoms with Crippen LogP contribution in [0.3, 0.4) is 0 Å². The molecule has 0 bridgehead atoms. The summed E-state index contributed by atoms with van der Waals surface area (Å²) in [5.74, 6) is -0.372. The summed E-state index contributed by atoms with van der Waals surface area (Å²) in [6, 6.07) is 5.32. The van der Waals surface area contributed by atoms with Crippen molar-refractivity contribution in [2.45, 2.75) is 38.3 Å². The van der Waals surface area contributed by atoms with Crippen LogP contribution in [0.25, 0.3) is 0 Å². The first-order valence-corrected chi connectivity index (χ1v) is 6.65. The maximum absolute atomic E-state index is 12.9. The summed E-state index contributed by atoms with van der Waals surface area (Å²) in [4.78, 5) is 14.3. The second-order valence-electron chi connectivity index (χ2n) is 5.62. The average Bonchev–Trinajstić information content (AvgIpc) is 2.37. The number of piperidine rings is 1. The molecular weight excluding hydrogens is 245 g/mol. The molecule has 0 aromatic heterocycles. The van der Waals surface area contributed by atoms with Crippen molar-refractivity contribution in [1.29, 1.82) is 0 Å². The van der Waals surface area contributed by atoms with Crippen LogP contribution in [0.15, 0.2) is 24.3 Å². The summed E-state index contributed by atoms with van der Waals surface area (Å²) >= 11 is 0. The fourth-order valence-corrected chi connectivity index (χ4v) is 2.61. The molecule has 2 rings (SSSR count). The highest BCUT2D eigenvalue weighted by molar-refractivity contribution is 5.99. The van der Waals surface area contributed by atoms with E-state index < -0.39 is 5.60 Å². The SMILES string of the molecule is CC(C(=O)c1ccc(F)cc1)N1CCCC(C)(O)C1. The Bertz CT molecular complexity index is 456. The lowest BCUT2D eigenvalue weighted by atomic mass is 9.92. The topological polar surface area (TPSA) is 40.5 Å². The van der Waals surface area contributed by atoms with Crippen LogP contribution in [0.4, 0.5) is 4.39 Å². The molecule has 104 valence electrons. The van der Waals surface area contributed by atoms with Gasteiger partial charge in [-0.1, -0.05) is 0 Å². The Hall–Kier alpha value is -1.26. The molecule has 0 spiro atoms. The standard InChI is InChI=1S/C15H20FNO2/c1-11(17-9-3-8-15(2,19)10-17)14(18)12-4-6-13(16)7-5-12/h4-7,11,19H,3,8-10H2,1-2H3. The third-order valence-corrected chi connectivity index (χ3v) is 3.76. The second kappa shape index (κ2) is 5.39. The van der Waals surface area contributed by atoms with E-state index in [9.17, 15) is 14.3 Å². The lowest BCUT2D eigenvalue weighted by Crippen LogP contribution is -2.51. The maximum Gasteiger partial charge on any atom is 0.179 e. The van der Waals surface area contributed by atoms with Gasteiger partial charge in [0.2, 0.25) is 0 Å². The molecule has 0 radical (unpaired) electrons. The van der Waals surface area contributed by atoms with Gasteiger partial charge >= 0.3 is 0 Å². The third-order valence-electron chi connectivity index (χ3n) is 3.76. The molecule has 1 heterocycles. The zero-order valence-electron chi connectivity index (χ0n) is 11.4. The Kier molecular flexibility index (Phi) is 4.02. The Morgan fingerprint density at radius 2 is 2.05 bits per heavy atom. The third kappa shape index (κ3) is 3.39. The Morgan fingerprint density at radius 3 is 2.63 bits per heavy atom. The lowest BCUT2D eigenvalue weighted by molar-refractivity contribution is -0.0242. The predicted octanol–water partition coefficient (Wildman–Crippen LogP) is 2.24. The Labute approximate surface area is 113 Å². The minimum absolute atomic E-state index is 0.0299. The van der Waals surface area contributed by atoms with Crippen LogP contribution >= 0.6 is 0 Å². The van der Waals surface area contributed by atoms with Crippen LogP contribution in [0.2, 0.25) is 0 Å². The molecule has 19 heavy (non-hydrogen) atoms. The number of likely N-dealkylation sites (tertiary alicyclic amines) is 1. The number of benzene rings is 1. The summed E-state index contributed by atoms with van der Waals surface area (Å²) in [7, 11) is 0. The molecule has 1 aromatic carbocycles. The van der Waals surface area contributed by atoms with Crippen LogP contribution in [-0.2, 0) is 0 Å². The fourth-order valence-electron chi connectivity index (χ4n) is 2.61.